The average Bonchev–Trinajstić information content (AvgIpc) is 2.40. The van der Waals surface area contributed by atoms with E-state index in [0.717, 1.165) is 44.2 Å². The van der Waals surface area contributed by atoms with Crippen LogP contribution in [0.5, 0.6) is 0 Å². The van der Waals surface area contributed by atoms with Gasteiger partial charge in [-0.3, -0.25) is 0 Å². The van der Waals surface area contributed by atoms with Gasteiger partial charge in [0.15, 0.2) is 0 Å². The summed E-state index contributed by atoms with van der Waals surface area (Å²) in [6.07, 6.45) is 4.46. The summed E-state index contributed by atoms with van der Waals surface area (Å²) in [5.74, 6) is -1.54. The fraction of sp³-hybridized carbons (Fsp3) is 0.500. The predicted molar refractivity (Wildman–Crippen MR) is 74.8 cm³/mol. The molecule has 0 amide bonds. The highest BCUT2D eigenvalue weighted by Gasteiger charge is 2.24. The number of carbonyl (C=O) groups excluding carboxylic acids is 1. The van der Waals surface area contributed by atoms with Crippen molar-refractivity contribution < 1.29 is 22.3 Å². The molecule has 1 saturated carbocycles. The molecule has 1 aliphatic carbocycles. The minimum absolute atomic E-state index is 0.0930. The first-order valence-corrected chi connectivity index (χ1v) is 8.37. The number of halogens is 1. The number of rotatable bonds is 3. The molecule has 0 aliphatic heterocycles. The van der Waals surface area contributed by atoms with E-state index in [4.69, 9.17) is 9.88 Å². The van der Waals surface area contributed by atoms with E-state index in [0.29, 0.717) is 0 Å². The summed E-state index contributed by atoms with van der Waals surface area (Å²) in [6, 6.07) is 1.79. The Labute approximate surface area is 123 Å². The third-order valence-corrected chi connectivity index (χ3v) is 4.71. The lowest BCUT2D eigenvalue weighted by atomic mass is 9.97. The largest absolute Gasteiger partial charge is 0.459 e. The van der Waals surface area contributed by atoms with Crippen molar-refractivity contribution >= 4 is 16.0 Å². The molecule has 5 nitrogen and oxygen atoms in total. The van der Waals surface area contributed by atoms with Gasteiger partial charge in [-0.05, 0) is 50.3 Å². The van der Waals surface area contributed by atoms with E-state index in [2.05, 4.69) is 0 Å². The Balaban J connectivity index is 2.30. The van der Waals surface area contributed by atoms with Crippen molar-refractivity contribution in [3.63, 3.8) is 0 Å². The number of sulfonamides is 1. The summed E-state index contributed by atoms with van der Waals surface area (Å²) in [6.45, 7) is 1.41. The van der Waals surface area contributed by atoms with E-state index in [-0.39, 0.29) is 17.2 Å². The van der Waals surface area contributed by atoms with Gasteiger partial charge in [-0.1, -0.05) is 6.42 Å². The maximum absolute atomic E-state index is 13.5. The Morgan fingerprint density at radius 3 is 2.48 bits per heavy atom. The van der Waals surface area contributed by atoms with Gasteiger partial charge in [-0.2, -0.15) is 0 Å². The average molecular weight is 315 g/mol. The van der Waals surface area contributed by atoms with Gasteiger partial charge in [0, 0.05) is 0 Å². The van der Waals surface area contributed by atoms with E-state index in [9.17, 15) is 17.6 Å². The molecule has 0 heterocycles. The van der Waals surface area contributed by atoms with Crippen molar-refractivity contribution in [2.24, 2.45) is 5.14 Å². The monoisotopic (exact) mass is 315 g/mol. The molecule has 1 aromatic carbocycles. The summed E-state index contributed by atoms with van der Waals surface area (Å²) in [5, 5.41) is 5.03. The number of esters is 1. The number of hydrogen-bond acceptors (Lipinski definition) is 4. The number of primary sulfonamides is 1. The van der Waals surface area contributed by atoms with Crippen molar-refractivity contribution in [2.75, 3.05) is 0 Å². The van der Waals surface area contributed by atoms with Crippen molar-refractivity contribution in [3.8, 4) is 0 Å². The lowest BCUT2D eigenvalue weighted by Crippen LogP contribution is -2.22. The quantitative estimate of drug-likeness (QED) is 0.867. The van der Waals surface area contributed by atoms with Crippen molar-refractivity contribution in [1.29, 1.82) is 0 Å². The lowest BCUT2D eigenvalue weighted by molar-refractivity contribution is 0.0209. The molecule has 0 bridgehead atoms. The number of hydrogen-bond donors (Lipinski definition) is 1. The molecule has 116 valence electrons. The zero-order valence-electron chi connectivity index (χ0n) is 11.8. The number of nitrogens with two attached hydrogens (primary N) is 1. The van der Waals surface area contributed by atoms with Gasteiger partial charge in [0.2, 0.25) is 10.0 Å². The third kappa shape index (κ3) is 3.79. The molecule has 2 N–H and O–H groups in total. The van der Waals surface area contributed by atoms with Crippen LogP contribution in [0.4, 0.5) is 4.39 Å². The van der Waals surface area contributed by atoms with E-state index in [1.165, 1.54) is 6.92 Å². The first kappa shape index (κ1) is 15.9. The van der Waals surface area contributed by atoms with Crippen LogP contribution in [0.25, 0.3) is 0 Å². The second-order valence-corrected chi connectivity index (χ2v) is 6.82. The van der Waals surface area contributed by atoms with Crippen molar-refractivity contribution in [3.05, 3.63) is 29.1 Å². The van der Waals surface area contributed by atoms with Crippen LogP contribution in [0, 0.1) is 12.7 Å². The minimum atomic E-state index is -4.09. The van der Waals surface area contributed by atoms with Crippen LogP contribution in [-0.4, -0.2) is 20.5 Å². The molecule has 21 heavy (non-hydrogen) atoms. The zero-order valence-corrected chi connectivity index (χ0v) is 12.6. The fourth-order valence-electron chi connectivity index (χ4n) is 2.56. The van der Waals surface area contributed by atoms with Gasteiger partial charge in [-0.25, -0.2) is 22.7 Å². The number of carbonyl (C=O) groups is 1. The van der Waals surface area contributed by atoms with Crippen molar-refractivity contribution in [2.45, 2.75) is 50.0 Å². The van der Waals surface area contributed by atoms with Crippen molar-refractivity contribution in [1.82, 2.24) is 0 Å². The molecule has 7 heteroatoms. The van der Waals surface area contributed by atoms with Crippen LogP contribution in [0.3, 0.4) is 0 Å². The summed E-state index contributed by atoms with van der Waals surface area (Å²) < 4.78 is 41.7. The molecule has 0 spiro atoms. The van der Waals surface area contributed by atoms with E-state index < -0.39 is 26.7 Å². The maximum atomic E-state index is 13.5. The van der Waals surface area contributed by atoms with Gasteiger partial charge >= 0.3 is 5.97 Å². The lowest BCUT2D eigenvalue weighted by Gasteiger charge is -2.22. The molecule has 2 rings (SSSR count). The van der Waals surface area contributed by atoms with Gasteiger partial charge in [0.25, 0.3) is 0 Å². The Morgan fingerprint density at radius 2 is 1.90 bits per heavy atom. The first-order valence-electron chi connectivity index (χ1n) is 6.83. The highest BCUT2D eigenvalue weighted by Crippen LogP contribution is 2.24. The van der Waals surface area contributed by atoms with Crippen LogP contribution in [0.15, 0.2) is 17.0 Å². The molecular weight excluding hydrogens is 297 g/mol. The molecule has 1 fully saturated rings. The second kappa shape index (κ2) is 6.11. The fourth-order valence-corrected chi connectivity index (χ4v) is 3.37. The Bertz CT molecular complexity index is 651. The van der Waals surface area contributed by atoms with Gasteiger partial charge < -0.3 is 4.74 Å². The molecule has 0 atom stereocenters. The number of benzene rings is 1. The van der Waals surface area contributed by atoms with Crippen LogP contribution < -0.4 is 5.14 Å². The second-order valence-electron chi connectivity index (χ2n) is 5.29. The molecule has 1 aliphatic rings. The molecule has 0 aromatic heterocycles. The smallest absolute Gasteiger partial charge is 0.338 e. The highest BCUT2D eigenvalue weighted by molar-refractivity contribution is 7.89. The Morgan fingerprint density at radius 1 is 1.29 bits per heavy atom. The standard InChI is InChI=1S/C14H18FNO4S/c1-9-12(7-10(15)8-13(9)21(16,18)19)14(17)20-11-5-3-2-4-6-11/h7-8,11H,2-6H2,1H3,(H2,16,18,19). The SMILES string of the molecule is Cc1c(C(=O)OC2CCCCC2)cc(F)cc1S(N)(=O)=O. The van der Waals surface area contributed by atoms with Gasteiger partial charge in [-0.15, -0.1) is 0 Å². The zero-order chi connectivity index (χ0) is 15.6. The molecular formula is C14H18FNO4S. The number of ether oxygens (including phenoxy) is 1. The summed E-state index contributed by atoms with van der Waals surface area (Å²) in [4.78, 5) is 11.7. The van der Waals surface area contributed by atoms with Crippen LogP contribution in [0.1, 0.15) is 48.0 Å². The third-order valence-electron chi connectivity index (χ3n) is 3.68. The Hall–Kier alpha value is -1.47. The highest BCUT2D eigenvalue weighted by atomic mass is 32.2. The predicted octanol–water partition coefficient (Wildman–Crippen LogP) is 2.27. The van der Waals surface area contributed by atoms with E-state index in [1.54, 1.807) is 0 Å². The van der Waals surface area contributed by atoms with Crippen LogP contribution >= 0.6 is 0 Å². The minimum Gasteiger partial charge on any atom is -0.459 e. The maximum Gasteiger partial charge on any atom is 0.338 e. The van der Waals surface area contributed by atoms with Gasteiger partial charge in [0.1, 0.15) is 11.9 Å². The van der Waals surface area contributed by atoms with Crippen LogP contribution in [0.2, 0.25) is 0 Å². The van der Waals surface area contributed by atoms with E-state index >= 15 is 0 Å². The normalized spacial score (nSPS) is 16.7. The topological polar surface area (TPSA) is 86.5 Å². The summed E-state index contributed by atoms with van der Waals surface area (Å²) in [7, 11) is -4.09. The van der Waals surface area contributed by atoms with Crippen LogP contribution in [-0.2, 0) is 14.8 Å². The molecule has 0 unspecified atom stereocenters. The van der Waals surface area contributed by atoms with E-state index in [1.807, 2.05) is 0 Å². The van der Waals surface area contributed by atoms with Gasteiger partial charge in [0.05, 0.1) is 10.5 Å². The Kier molecular flexibility index (Phi) is 4.63. The summed E-state index contributed by atoms with van der Waals surface area (Å²) in [5.41, 5.74) is 0.0179. The summed E-state index contributed by atoms with van der Waals surface area (Å²) >= 11 is 0. The molecule has 0 radical (unpaired) electrons. The molecule has 1 aromatic rings. The first-order chi connectivity index (χ1) is 9.79. The molecule has 0 saturated heterocycles.